The molecule has 2 aromatic rings. The van der Waals surface area contributed by atoms with Gasteiger partial charge in [-0.05, 0) is 30.5 Å². The molecular formula is C19H25N3O4. The molecule has 0 radical (unpaired) electrons. The van der Waals surface area contributed by atoms with E-state index in [2.05, 4.69) is 0 Å². The van der Waals surface area contributed by atoms with E-state index in [9.17, 15) is 14.4 Å². The van der Waals surface area contributed by atoms with Gasteiger partial charge in [0.1, 0.15) is 0 Å². The number of oxazole rings is 1. The zero-order valence-electron chi connectivity index (χ0n) is 15.4. The summed E-state index contributed by atoms with van der Waals surface area (Å²) in [4.78, 5) is 40.0. The highest BCUT2D eigenvalue weighted by atomic mass is 16.4. The van der Waals surface area contributed by atoms with Gasteiger partial charge < -0.3 is 14.2 Å². The van der Waals surface area contributed by atoms with Crippen molar-refractivity contribution < 1.29 is 14.0 Å². The molecule has 0 saturated carbocycles. The minimum atomic E-state index is -0.409. The van der Waals surface area contributed by atoms with Crippen molar-refractivity contribution in [2.75, 3.05) is 26.2 Å². The zero-order valence-corrected chi connectivity index (χ0v) is 15.4. The van der Waals surface area contributed by atoms with E-state index in [1.54, 1.807) is 13.1 Å². The van der Waals surface area contributed by atoms with Crippen LogP contribution in [0.5, 0.6) is 0 Å². The standard InChI is InChI=1S/C19H25N3O4/c1-3-5-17(23)21-8-4-9-22(11-10-21)18(24)13-14-6-7-16-15(12-14)20(2)19(25)26-16/h6-7,12H,3-5,8-11,13H2,1-2H3. The van der Waals surface area contributed by atoms with Gasteiger partial charge in [-0.2, -0.15) is 0 Å². The third-order valence-corrected chi connectivity index (χ3v) is 4.88. The van der Waals surface area contributed by atoms with Crippen LogP contribution in [0, 0.1) is 0 Å². The van der Waals surface area contributed by atoms with E-state index in [0.717, 1.165) is 18.4 Å². The number of carbonyl (C=O) groups is 2. The summed E-state index contributed by atoms with van der Waals surface area (Å²) >= 11 is 0. The van der Waals surface area contributed by atoms with Crippen molar-refractivity contribution in [3.05, 3.63) is 34.3 Å². The Bertz CT molecular complexity index is 867. The SMILES string of the molecule is CCCC(=O)N1CCCN(C(=O)Cc2ccc3oc(=O)n(C)c3c2)CC1. The molecule has 1 aromatic heterocycles. The summed E-state index contributed by atoms with van der Waals surface area (Å²) in [5.74, 6) is -0.191. The lowest BCUT2D eigenvalue weighted by Gasteiger charge is -2.22. The fraction of sp³-hybridized carbons (Fsp3) is 0.526. The largest absolute Gasteiger partial charge is 0.419 e. The maximum atomic E-state index is 12.7. The number of benzene rings is 1. The summed E-state index contributed by atoms with van der Waals surface area (Å²) < 4.78 is 6.56. The van der Waals surface area contributed by atoms with Gasteiger partial charge in [0.2, 0.25) is 11.8 Å². The van der Waals surface area contributed by atoms with Crippen LogP contribution in [-0.4, -0.2) is 52.4 Å². The molecule has 0 atom stereocenters. The Morgan fingerprint density at radius 2 is 1.77 bits per heavy atom. The Morgan fingerprint density at radius 1 is 1.08 bits per heavy atom. The van der Waals surface area contributed by atoms with Crippen LogP contribution in [0.25, 0.3) is 11.1 Å². The van der Waals surface area contributed by atoms with Gasteiger partial charge in [0.25, 0.3) is 0 Å². The summed E-state index contributed by atoms with van der Waals surface area (Å²) in [5, 5.41) is 0. The minimum Gasteiger partial charge on any atom is -0.408 e. The maximum Gasteiger partial charge on any atom is 0.419 e. The molecule has 7 nitrogen and oxygen atoms in total. The van der Waals surface area contributed by atoms with Crippen molar-refractivity contribution in [2.24, 2.45) is 7.05 Å². The van der Waals surface area contributed by atoms with E-state index in [-0.39, 0.29) is 18.2 Å². The molecule has 140 valence electrons. The van der Waals surface area contributed by atoms with E-state index >= 15 is 0 Å². The van der Waals surface area contributed by atoms with Crippen molar-refractivity contribution in [3.8, 4) is 0 Å². The molecule has 0 spiro atoms. The highest BCUT2D eigenvalue weighted by Crippen LogP contribution is 2.16. The third kappa shape index (κ3) is 3.81. The predicted molar refractivity (Wildman–Crippen MR) is 97.8 cm³/mol. The lowest BCUT2D eigenvalue weighted by atomic mass is 10.1. The van der Waals surface area contributed by atoms with Crippen LogP contribution in [0.2, 0.25) is 0 Å². The molecular weight excluding hydrogens is 334 g/mol. The number of aromatic nitrogens is 1. The molecule has 1 aliphatic rings. The van der Waals surface area contributed by atoms with E-state index in [4.69, 9.17) is 4.42 Å². The fourth-order valence-corrected chi connectivity index (χ4v) is 3.36. The lowest BCUT2D eigenvalue weighted by molar-refractivity contribution is -0.133. The summed E-state index contributed by atoms with van der Waals surface area (Å²) in [6.45, 7) is 4.55. The third-order valence-electron chi connectivity index (χ3n) is 4.88. The van der Waals surface area contributed by atoms with Crippen LogP contribution in [0.4, 0.5) is 0 Å². The van der Waals surface area contributed by atoms with Crippen molar-refractivity contribution in [1.29, 1.82) is 0 Å². The highest BCUT2D eigenvalue weighted by molar-refractivity contribution is 5.81. The van der Waals surface area contributed by atoms with Gasteiger partial charge in [0.05, 0.1) is 11.9 Å². The molecule has 1 aliphatic heterocycles. The van der Waals surface area contributed by atoms with Crippen LogP contribution >= 0.6 is 0 Å². The van der Waals surface area contributed by atoms with E-state index in [1.165, 1.54) is 4.57 Å². The van der Waals surface area contributed by atoms with Gasteiger partial charge in [0, 0.05) is 39.6 Å². The number of hydrogen-bond acceptors (Lipinski definition) is 4. The topological polar surface area (TPSA) is 75.8 Å². The molecule has 3 rings (SSSR count). The smallest absolute Gasteiger partial charge is 0.408 e. The molecule has 26 heavy (non-hydrogen) atoms. The Morgan fingerprint density at radius 3 is 2.46 bits per heavy atom. The molecule has 2 heterocycles. The second-order valence-electron chi connectivity index (χ2n) is 6.77. The van der Waals surface area contributed by atoms with Gasteiger partial charge >= 0.3 is 5.76 Å². The second-order valence-corrected chi connectivity index (χ2v) is 6.77. The highest BCUT2D eigenvalue weighted by Gasteiger charge is 2.22. The van der Waals surface area contributed by atoms with Crippen LogP contribution in [0.15, 0.2) is 27.4 Å². The van der Waals surface area contributed by atoms with Crippen LogP contribution < -0.4 is 5.76 Å². The first kappa shape index (κ1) is 18.2. The average Bonchev–Trinajstić information content (AvgIpc) is 2.81. The van der Waals surface area contributed by atoms with Gasteiger partial charge in [-0.1, -0.05) is 13.0 Å². The van der Waals surface area contributed by atoms with Crippen LogP contribution in [0.1, 0.15) is 31.7 Å². The Hall–Kier alpha value is -2.57. The zero-order chi connectivity index (χ0) is 18.7. The molecule has 1 aromatic carbocycles. The summed E-state index contributed by atoms with van der Waals surface area (Å²) in [6.07, 6.45) is 2.49. The Kier molecular flexibility index (Phi) is 5.44. The number of amides is 2. The number of carbonyl (C=O) groups excluding carboxylic acids is 2. The van der Waals surface area contributed by atoms with E-state index < -0.39 is 5.76 Å². The number of nitrogens with zero attached hydrogens (tertiary/aromatic N) is 3. The number of aryl methyl sites for hydroxylation is 1. The average molecular weight is 359 g/mol. The van der Waals surface area contributed by atoms with Gasteiger partial charge in [-0.25, -0.2) is 4.79 Å². The van der Waals surface area contributed by atoms with Crippen molar-refractivity contribution in [2.45, 2.75) is 32.6 Å². The Balaban J connectivity index is 1.65. The lowest BCUT2D eigenvalue weighted by Crippen LogP contribution is -2.37. The van der Waals surface area contributed by atoms with E-state index in [1.807, 2.05) is 28.9 Å². The summed E-state index contributed by atoms with van der Waals surface area (Å²) in [7, 11) is 1.65. The maximum absolute atomic E-state index is 12.7. The first-order valence-electron chi connectivity index (χ1n) is 9.13. The first-order chi connectivity index (χ1) is 12.5. The van der Waals surface area contributed by atoms with Crippen molar-refractivity contribution >= 4 is 22.9 Å². The van der Waals surface area contributed by atoms with Crippen LogP contribution in [0.3, 0.4) is 0 Å². The number of fused-ring (bicyclic) bond motifs is 1. The monoisotopic (exact) mass is 359 g/mol. The molecule has 1 saturated heterocycles. The fourth-order valence-electron chi connectivity index (χ4n) is 3.36. The van der Waals surface area contributed by atoms with Gasteiger partial charge in [-0.3, -0.25) is 14.2 Å². The van der Waals surface area contributed by atoms with Gasteiger partial charge in [-0.15, -0.1) is 0 Å². The summed E-state index contributed by atoms with van der Waals surface area (Å²) in [5.41, 5.74) is 2.06. The first-order valence-corrected chi connectivity index (χ1v) is 9.13. The number of hydrogen-bond donors (Lipinski definition) is 0. The second kappa shape index (κ2) is 7.76. The minimum absolute atomic E-state index is 0.0441. The van der Waals surface area contributed by atoms with Crippen molar-refractivity contribution in [1.82, 2.24) is 14.4 Å². The molecule has 0 aliphatic carbocycles. The summed E-state index contributed by atoms with van der Waals surface area (Å²) in [6, 6.07) is 5.37. The normalized spacial score (nSPS) is 15.3. The van der Waals surface area contributed by atoms with Crippen molar-refractivity contribution in [3.63, 3.8) is 0 Å². The Labute approximate surface area is 152 Å². The molecule has 2 amide bonds. The predicted octanol–water partition coefficient (Wildman–Crippen LogP) is 1.53. The molecule has 0 unspecified atom stereocenters. The molecule has 7 heteroatoms. The molecule has 1 fully saturated rings. The van der Waals surface area contributed by atoms with Gasteiger partial charge in [0.15, 0.2) is 5.58 Å². The number of rotatable bonds is 4. The molecule has 0 bridgehead atoms. The van der Waals surface area contributed by atoms with E-state index in [0.29, 0.717) is 43.7 Å². The van der Waals surface area contributed by atoms with Crippen LogP contribution in [-0.2, 0) is 23.1 Å². The molecule has 0 N–H and O–H groups in total. The quantitative estimate of drug-likeness (QED) is 0.830.